The first kappa shape index (κ1) is 14.7. The summed E-state index contributed by atoms with van der Waals surface area (Å²) in [6, 6.07) is -0.622. The summed E-state index contributed by atoms with van der Waals surface area (Å²) in [4.78, 5) is 25.4. The minimum atomic E-state index is -0.861. The lowest BCUT2D eigenvalue weighted by atomic mass is 9.90. The molecular weight excluding hydrogens is 262 g/mol. The average molecular weight is 285 g/mol. The summed E-state index contributed by atoms with van der Waals surface area (Å²) in [6.45, 7) is 6.31. The molecule has 0 aromatic heterocycles. The zero-order valence-corrected chi connectivity index (χ0v) is 12.7. The highest BCUT2D eigenvalue weighted by Gasteiger charge is 2.47. The Morgan fingerprint density at radius 1 is 1.32 bits per heavy atom. The van der Waals surface area contributed by atoms with Crippen molar-refractivity contribution < 1.29 is 14.7 Å². The van der Waals surface area contributed by atoms with Crippen LogP contribution >= 0.6 is 11.8 Å². The molecule has 0 aromatic carbocycles. The van der Waals surface area contributed by atoms with Crippen molar-refractivity contribution in [1.82, 2.24) is 4.90 Å². The number of aliphatic carboxylic acids is 1. The van der Waals surface area contributed by atoms with Gasteiger partial charge >= 0.3 is 5.97 Å². The standard InChI is InChI=1S/C14H23NO3S/c1-14(2,3)7-6-11(16)15-10(13(17)18)8-19-12(15)9-4-5-9/h9-10,12H,4-8H2,1-3H3,(H,17,18). The Hall–Kier alpha value is -0.710. The lowest BCUT2D eigenvalue weighted by Gasteiger charge is -2.28. The van der Waals surface area contributed by atoms with E-state index in [1.165, 1.54) is 0 Å². The first-order chi connectivity index (χ1) is 8.79. The monoisotopic (exact) mass is 285 g/mol. The van der Waals surface area contributed by atoms with Crippen molar-refractivity contribution in [3.63, 3.8) is 0 Å². The van der Waals surface area contributed by atoms with Gasteiger partial charge in [-0.05, 0) is 30.6 Å². The number of carbonyl (C=O) groups is 2. The number of carbonyl (C=O) groups excluding carboxylic acids is 1. The van der Waals surface area contributed by atoms with E-state index in [1.54, 1.807) is 16.7 Å². The van der Waals surface area contributed by atoms with E-state index in [0.717, 1.165) is 19.3 Å². The Morgan fingerprint density at radius 3 is 2.42 bits per heavy atom. The first-order valence-corrected chi connectivity index (χ1v) is 8.00. The van der Waals surface area contributed by atoms with Gasteiger partial charge in [0.25, 0.3) is 0 Å². The number of nitrogens with zero attached hydrogens (tertiary/aromatic N) is 1. The van der Waals surface area contributed by atoms with E-state index >= 15 is 0 Å². The predicted molar refractivity (Wildman–Crippen MR) is 75.9 cm³/mol. The van der Waals surface area contributed by atoms with Gasteiger partial charge in [0.15, 0.2) is 0 Å². The second-order valence-electron chi connectivity index (χ2n) is 6.78. The Morgan fingerprint density at radius 2 is 1.95 bits per heavy atom. The molecule has 2 atom stereocenters. The summed E-state index contributed by atoms with van der Waals surface area (Å²) in [6.07, 6.45) is 3.52. The average Bonchev–Trinajstić information content (AvgIpc) is 3.03. The van der Waals surface area contributed by atoms with E-state index in [1.807, 2.05) is 0 Å². The fraction of sp³-hybridized carbons (Fsp3) is 0.857. The van der Waals surface area contributed by atoms with Gasteiger partial charge in [-0.3, -0.25) is 4.79 Å². The molecule has 2 fully saturated rings. The zero-order chi connectivity index (χ0) is 14.2. The third-order valence-corrected chi connectivity index (χ3v) is 5.18. The van der Waals surface area contributed by atoms with Crippen LogP contribution < -0.4 is 0 Å². The van der Waals surface area contributed by atoms with Crippen LogP contribution in [0.5, 0.6) is 0 Å². The van der Waals surface area contributed by atoms with Gasteiger partial charge < -0.3 is 10.0 Å². The van der Waals surface area contributed by atoms with E-state index in [-0.39, 0.29) is 16.7 Å². The SMILES string of the molecule is CC(C)(C)CCC(=O)N1C(C(=O)O)CSC1C1CC1. The van der Waals surface area contributed by atoms with Crippen molar-refractivity contribution in [1.29, 1.82) is 0 Å². The lowest BCUT2D eigenvalue weighted by molar-refractivity contribution is -0.149. The van der Waals surface area contributed by atoms with Gasteiger partial charge in [-0.1, -0.05) is 20.8 Å². The van der Waals surface area contributed by atoms with Gasteiger partial charge in [-0.25, -0.2) is 4.79 Å². The van der Waals surface area contributed by atoms with E-state index in [9.17, 15) is 14.7 Å². The molecule has 19 heavy (non-hydrogen) atoms. The zero-order valence-electron chi connectivity index (χ0n) is 11.9. The van der Waals surface area contributed by atoms with E-state index in [0.29, 0.717) is 18.1 Å². The van der Waals surface area contributed by atoms with Crippen LogP contribution in [0.15, 0.2) is 0 Å². The maximum Gasteiger partial charge on any atom is 0.327 e. The van der Waals surface area contributed by atoms with E-state index in [4.69, 9.17) is 0 Å². The van der Waals surface area contributed by atoms with Crippen LogP contribution in [-0.4, -0.2) is 39.1 Å². The van der Waals surface area contributed by atoms with E-state index < -0.39 is 12.0 Å². The van der Waals surface area contributed by atoms with Crippen LogP contribution in [0, 0.1) is 11.3 Å². The Kier molecular flexibility index (Phi) is 4.14. The molecule has 1 saturated heterocycles. The molecule has 2 aliphatic rings. The number of thioether (sulfide) groups is 1. The summed E-state index contributed by atoms with van der Waals surface area (Å²) in [7, 11) is 0. The molecule has 4 nitrogen and oxygen atoms in total. The van der Waals surface area contributed by atoms with Crippen molar-refractivity contribution in [2.75, 3.05) is 5.75 Å². The fourth-order valence-electron chi connectivity index (χ4n) is 2.39. The second kappa shape index (κ2) is 5.35. The summed E-state index contributed by atoms with van der Waals surface area (Å²) in [5.41, 5.74) is 0.107. The molecular formula is C14H23NO3S. The number of carboxylic acid groups (broad SMARTS) is 1. The maximum absolute atomic E-state index is 12.4. The minimum Gasteiger partial charge on any atom is -0.480 e. The molecule has 1 saturated carbocycles. The molecule has 2 rings (SSSR count). The topological polar surface area (TPSA) is 57.6 Å². The maximum atomic E-state index is 12.4. The molecule has 0 aromatic rings. The summed E-state index contributed by atoms with van der Waals surface area (Å²) in [5, 5.41) is 9.38. The van der Waals surface area contributed by atoms with Crippen molar-refractivity contribution in [2.24, 2.45) is 11.3 Å². The molecule has 0 spiro atoms. The smallest absolute Gasteiger partial charge is 0.327 e. The highest BCUT2D eigenvalue weighted by molar-refractivity contribution is 8.00. The van der Waals surface area contributed by atoms with Crippen LogP contribution in [0.2, 0.25) is 0 Å². The molecule has 0 radical (unpaired) electrons. The molecule has 5 heteroatoms. The quantitative estimate of drug-likeness (QED) is 0.862. The third-order valence-electron chi connectivity index (χ3n) is 3.72. The number of hydrogen-bond donors (Lipinski definition) is 1. The highest BCUT2D eigenvalue weighted by Crippen LogP contribution is 2.45. The Bertz CT molecular complexity index is 373. The summed E-state index contributed by atoms with van der Waals surface area (Å²) < 4.78 is 0. The van der Waals surface area contributed by atoms with Crippen molar-refractivity contribution >= 4 is 23.6 Å². The van der Waals surface area contributed by atoms with E-state index in [2.05, 4.69) is 20.8 Å². The highest BCUT2D eigenvalue weighted by atomic mass is 32.2. The molecule has 2 unspecified atom stereocenters. The van der Waals surface area contributed by atoms with Crippen molar-refractivity contribution in [3.8, 4) is 0 Å². The molecule has 1 amide bonds. The molecule has 0 bridgehead atoms. The molecule has 1 aliphatic heterocycles. The lowest BCUT2D eigenvalue weighted by Crippen LogP contribution is -2.46. The van der Waals surface area contributed by atoms with Crippen LogP contribution in [0.1, 0.15) is 46.5 Å². The fourth-order valence-corrected chi connectivity index (χ4v) is 4.04. The second-order valence-corrected chi connectivity index (χ2v) is 7.93. The Balaban J connectivity index is 2.03. The van der Waals surface area contributed by atoms with Crippen molar-refractivity contribution in [2.45, 2.75) is 57.9 Å². The predicted octanol–water partition coefficient (Wildman–Crippen LogP) is 2.58. The van der Waals surface area contributed by atoms with Gasteiger partial charge in [0.1, 0.15) is 6.04 Å². The van der Waals surface area contributed by atoms with Gasteiger partial charge in [-0.2, -0.15) is 0 Å². The number of amides is 1. The third kappa shape index (κ3) is 3.65. The normalized spacial score (nSPS) is 27.6. The molecule has 1 N–H and O–H groups in total. The van der Waals surface area contributed by atoms with Crippen LogP contribution in [0.4, 0.5) is 0 Å². The number of rotatable bonds is 4. The van der Waals surface area contributed by atoms with Gasteiger partial charge in [0.05, 0.1) is 5.37 Å². The first-order valence-electron chi connectivity index (χ1n) is 6.95. The van der Waals surface area contributed by atoms with Gasteiger partial charge in [0.2, 0.25) is 5.91 Å². The summed E-state index contributed by atoms with van der Waals surface area (Å²) >= 11 is 1.64. The molecule has 108 valence electrons. The van der Waals surface area contributed by atoms with Crippen LogP contribution in [0.3, 0.4) is 0 Å². The largest absolute Gasteiger partial charge is 0.480 e. The number of hydrogen-bond acceptors (Lipinski definition) is 3. The van der Waals surface area contributed by atoms with Crippen molar-refractivity contribution in [3.05, 3.63) is 0 Å². The van der Waals surface area contributed by atoms with Crippen LogP contribution in [0.25, 0.3) is 0 Å². The number of carboxylic acids is 1. The Labute approximate surface area is 118 Å². The molecule has 1 heterocycles. The van der Waals surface area contributed by atoms with Crippen LogP contribution in [-0.2, 0) is 9.59 Å². The summed E-state index contributed by atoms with van der Waals surface area (Å²) in [5.74, 6) is 0.217. The molecule has 1 aliphatic carbocycles. The van der Waals surface area contributed by atoms with Gasteiger partial charge in [-0.15, -0.1) is 11.8 Å². The minimum absolute atomic E-state index is 0.0178. The van der Waals surface area contributed by atoms with Gasteiger partial charge in [0, 0.05) is 12.2 Å².